The summed E-state index contributed by atoms with van der Waals surface area (Å²) >= 11 is 0. The molecule has 2 aromatic rings. The average Bonchev–Trinajstić information content (AvgIpc) is 2.74. The van der Waals surface area contributed by atoms with E-state index in [0.29, 0.717) is 26.2 Å². The zero-order valence-electron chi connectivity index (χ0n) is 18.6. The monoisotopic (exact) mass is 425 g/mol. The van der Waals surface area contributed by atoms with Crippen molar-refractivity contribution in [3.8, 4) is 5.75 Å². The Bertz CT molecular complexity index is 870. The summed E-state index contributed by atoms with van der Waals surface area (Å²) in [6, 6.07) is 16.5. The van der Waals surface area contributed by atoms with Gasteiger partial charge in [-0.2, -0.15) is 0 Å². The van der Waals surface area contributed by atoms with Gasteiger partial charge in [-0.05, 0) is 50.6 Å². The van der Waals surface area contributed by atoms with Crippen LogP contribution in [0.3, 0.4) is 0 Å². The maximum Gasteiger partial charge on any atom is 0.410 e. The minimum atomic E-state index is -0.532. The Kier molecular flexibility index (Phi) is 7.17. The Labute approximate surface area is 183 Å². The molecule has 1 N–H and O–H groups in total. The first-order valence-electron chi connectivity index (χ1n) is 10.5. The highest BCUT2D eigenvalue weighted by Crippen LogP contribution is 2.26. The first-order chi connectivity index (χ1) is 14.8. The lowest BCUT2D eigenvalue weighted by molar-refractivity contribution is -0.122. The number of methoxy groups -OCH3 is 1. The van der Waals surface area contributed by atoms with Crippen molar-refractivity contribution in [2.45, 2.75) is 32.4 Å². The van der Waals surface area contributed by atoms with Crippen molar-refractivity contribution in [2.75, 3.05) is 38.6 Å². The van der Waals surface area contributed by atoms with Crippen molar-refractivity contribution in [3.63, 3.8) is 0 Å². The molecule has 0 bridgehead atoms. The van der Waals surface area contributed by atoms with Crippen LogP contribution in [-0.2, 0) is 9.53 Å². The maximum atomic E-state index is 13.3. The number of nitrogens with one attached hydrogen (secondary N) is 1. The van der Waals surface area contributed by atoms with Gasteiger partial charge in [-0.25, -0.2) is 4.79 Å². The Morgan fingerprint density at radius 3 is 2.10 bits per heavy atom. The van der Waals surface area contributed by atoms with Crippen LogP contribution in [0.25, 0.3) is 0 Å². The van der Waals surface area contributed by atoms with Crippen LogP contribution < -0.4 is 10.1 Å². The highest BCUT2D eigenvalue weighted by molar-refractivity contribution is 5.95. The van der Waals surface area contributed by atoms with E-state index in [0.717, 1.165) is 17.0 Å². The number of carbonyl (C=O) groups is 2. The zero-order chi connectivity index (χ0) is 22.4. The van der Waals surface area contributed by atoms with Gasteiger partial charge in [0.05, 0.1) is 7.11 Å². The molecule has 0 saturated carbocycles. The van der Waals surface area contributed by atoms with E-state index in [9.17, 15) is 9.59 Å². The number of rotatable bonds is 5. The fourth-order valence-corrected chi connectivity index (χ4v) is 3.54. The summed E-state index contributed by atoms with van der Waals surface area (Å²) in [5.74, 6) is 0.628. The third-order valence-electron chi connectivity index (χ3n) is 5.05. The Morgan fingerprint density at radius 2 is 1.55 bits per heavy atom. The maximum absolute atomic E-state index is 13.3. The molecule has 3 rings (SSSR count). The second-order valence-corrected chi connectivity index (χ2v) is 8.53. The number of amides is 2. The van der Waals surface area contributed by atoms with Gasteiger partial charge in [-0.1, -0.05) is 30.3 Å². The van der Waals surface area contributed by atoms with Crippen LogP contribution >= 0.6 is 0 Å². The largest absolute Gasteiger partial charge is 0.497 e. The van der Waals surface area contributed by atoms with Crippen LogP contribution in [0.15, 0.2) is 54.6 Å². The molecule has 7 nitrogen and oxygen atoms in total. The first kappa shape index (κ1) is 22.6. The highest BCUT2D eigenvalue weighted by Gasteiger charge is 2.33. The van der Waals surface area contributed by atoms with E-state index in [1.54, 1.807) is 12.0 Å². The normalized spacial score (nSPS) is 15.8. The van der Waals surface area contributed by atoms with Crippen molar-refractivity contribution in [1.29, 1.82) is 0 Å². The molecule has 1 aliphatic rings. The van der Waals surface area contributed by atoms with Gasteiger partial charge in [0.1, 0.15) is 17.4 Å². The SMILES string of the molecule is COc1ccc(C(C(=O)Nc2ccccc2)N2CCN(C(=O)OC(C)(C)C)CC2)cc1. The van der Waals surface area contributed by atoms with Crippen LogP contribution in [0.4, 0.5) is 10.5 Å². The lowest BCUT2D eigenvalue weighted by Crippen LogP contribution is -2.52. The fourth-order valence-electron chi connectivity index (χ4n) is 3.54. The lowest BCUT2D eigenvalue weighted by Gasteiger charge is -2.39. The molecular formula is C24H31N3O4. The molecule has 1 unspecified atom stereocenters. The smallest absolute Gasteiger partial charge is 0.410 e. The Morgan fingerprint density at radius 1 is 0.935 bits per heavy atom. The third-order valence-corrected chi connectivity index (χ3v) is 5.05. The van der Waals surface area contributed by atoms with E-state index in [1.165, 1.54) is 0 Å². The predicted octanol–water partition coefficient (Wildman–Crippen LogP) is 3.93. The highest BCUT2D eigenvalue weighted by atomic mass is 16.6. The van der Waals surface area contributed by atoms with Crippen molar-refractivity contribution < 1.29 is 19.1 Å². The molecule has 1 heterocycles. The van der Waals surface area contributed by atoms with E-state index >= 15 is 0 Å². The molecule has 1 fully saturated rings. The topological polar surface area (TPSA) is 71.1 Å². The number of piperazine rings is 1. The molecule has 0 radical (unpaired) electrons. The molecule has 2 aromatic carbocycles. The summed E-state index contributed by atoms with van der Waals surface area (Å²) < 4.78 is 10.7. The lowest BCUT2D eigenvalue weighted by atomic mass is 10.0. The fraction of sp³-hybridized carbons (Fsp3) is 0.417. The van der Waals surface area contributed by atoms with Gasteiger partial charge in [0.2, 0.25) is 5.91 Å². The standard InChI is InChI=1S/C24H31N3O4/c1-24(2,3)31-23(29)27-16-14-26(15-17-27)21(18-10-12-20(30-4)13-11-18)22(28)25-19-8-6-5-7-9-19/h5-13,21H,14-17H2,1-4H3,(H,25,28). The summed E-state index contributed by atoms with van der Waals surface area (Å²) in [4.78, 5) is 29.5. The van der Waals surface area contributed by atoms with E-state index in [1.807, 2.05) is 75.4 Å². The number of carbonyl (C=O) groups excluding carboxylic acids is 2. The first-order valence-corrected chi connectivity index (χ1v) is 10.5. The average molecular weight is 426 g/mol. The van der Waals surface area contributed by atoms with Gasteiger partial charge in [-0.15, -0.1) is 0 Å². The van der Waals surface area contributed by atoms with Gasteiger partial charge in [0, 0.05) is 31.9 Å². The van der Waals surface area contributed by atoms with Crippen molar-refractivity contribution in [3.05, 3.63) is 60.2 Å². The van der Waals surface area contributed by atoms with Crippen molar-refractivity contribution in [2.24, 2.45) is 0 Å². The number of nitrogens with zero attached hydrogens (tertiary/aromatic N) is 2. The van der Waals surface area contributed by atoms with Crippen molar-refractivity contribution in [1.82, 2.24) is 9.80 Å². The molecule has 166 valence electrons. The molecular weight excluding hydrogens is 394 g/mol. The van der Waals surface area contributed by atoms with Crippen LogP contribution in [0, 0.1) is 0 Å². The number of para-hydroxylation sites is 1. The summed E-state index contributed by atoms with van der Waals surface area (Å²) in [5.41, 5.74) is 1.09. The quantitative estimate of drug-likeness (QED) is 0.786. The summed E-state index contributed by atoms with van der Waals surface area (Å²) in [5, 5.41) is 3.01. The second-order valence-electron chi connectivity index (χ2n) is 8.53. The number of anilines is 1. The number of hydrogen-bond acceptors (Lipinski definition) is 5. The number of ether oxygens (including phenoxy) is 2. The molecule has 0 aromatic heterocycles. The predicted molar refractivity (Wildman–Crippen MR) is 120 cm³/mol. The van der Waals surface area contributed by atoms with E-state index in [4.69, 9.17) is 9.47 Å². The molecule has 1 aliphatic heterocycles. The zero-order valence-corrected chi connectivity index (χ0v) is 18.6. The molecule has 1 saturated heterocycles. The molecule has 0 aliphatic carbocycles. The summed E-state index contributed by atoms with van der Waals surface area (Å²) in [6.07, 6.45) is -0.318. The van der Waals surface area contributed by atoms with Crippen LogP contribution in [-0.4, -0.2) is 60.7 Å². The van der Waals surface area contributed by atoms with Crippen LogP contribution in [0.1, 0.15) is 32.4 Å². The second kappa shape index (κ2) is 9.83. The van der Waals surface area contributed by atoms with Gasteiger partial charge >= 0.3 is 6.09 Å². The molecule has 1 atom stereocenters. The Balaban J connectivity index is 1.75. The van der Waals surface area contributed by atoms with E-state index in [-0.39, 0.29) is 12.0 Å². The molecule has 2 amide bonds. The van der Waals surface area contributed by atoms with Gasteiger partial charge in [-0.3, -0.25) is 9.69 Å². The molecule has 0 spiro atoms. The van der Waals surface area contributed by atoms with Gasteiger partial charge in [0.15, 0.2) is 0 Å². The summed E-state index contributed by atoms with van der Waals surface area (Å²) in [6.45, 7) is 7.70. The Hall–Kier alpha value is -3.06. The van der Waals surface area contributed by atoms with Crippen molar-refractivity contribution >= 4 is 17.7 Å². The van der Waals surface area contributed by atoms with Gasteiger partial charge < -0.3 is 19.7 Å². The minimum Gasteiger partial charge on any atom is -0.497 e. The molecule has 7 heteroatoms. The van der Waals surface area contributed by atoms with E-state index in [2.05, 4.69) is 10.2 Å². The van der Waals surface area contributed by atoms with Crippen LogP contribution in [0.2, 0.25) is 0 Å². The number of hydrogen-bond donors (Lipinski definition) is 1. The number of benzene rings is 2. The van der Waals surface area contributed by atoms with Crippen LogP contribution in [0.5, 0.6) is 5.75 Å². The third kappa shape index (κ3) is 6.21. The molecule has 31 heavy (non-hydrogen) atoms. The minimum absolute atomic E-state index is 0.109. The van der Waals surface area contributed by atoms with Gasteiger partial charge in [0.25, 0.3) is 0 Å². The summed E-state index contributed by atoms with van der Waals surface area (Å²) in [7, 11) is 1.62. The van der Waals surface area contributed by atoms with E-state index < -0.39 is 11.6 Å².